The molecule has 2 N–H and O–H groups in total. The summed E-state index contributed by atoms with van der Waals surface area (Å²) in [7, 11) is 0. The van der Waals surface area contributed by atoms with Crippen LogP contribution in [0.5, 0.6) is 0 Å². The Morgan fingerprint density at radius 1 is 1.00 bits per heavy atom. The topological polar surface area (TPSA) is 87.7 Å². The van der Waals surface area contributed by atoms with Gasteiger partial charge in [0.25, 0.3) is 5.91 Å². The molecule has 0 aliphatic rings. The Hall–Kier alpha value is -3.61. The normalized spacial score (nSPS) is 11.8. The number of hydrogen-bond acceptors (Lipinski definition) is 4. The van der Waals surface area contributed by atoms with E-state index in [1.54, 1.807) is 26.8 Å². The molecule has 3 amide bonds. The third-order valence-electron chi connectivity index (χ3n) is 5.21. The molecule has 182 valence electrons. The highest BCUT2D eigenvalue weighted by atomic mass is 16.6. The van der Waals surface area contributed by atoms with Crippen LogP contribution in [0.25, 0.3) is 0 Å². The monoisotopic (exact) mass is 465 g/mol. The molecule has 0 saturated heterocycles. The number of hydrogen-bond donors (Lipinski definition) is 2. The van der Waals surface area contributed by atoms with E-state index in [4.69, 9.17) is 4.74 Å². The number of para-hydroxylation sites is 1. The van der Waals surface area contributed by atoms with E-state index in [1.807, 2.05) is 63.2 Å². The summed E-state index contributed by atoms with van der Waals surface area (Å²) >= 11 is 0. The average Bonchev–Trinajstić information content (AvgIpc) is 2.74. The number of ether oxygens (including phenoxy) is 1. The maximum atomic E-state index is 13.7. The van der Waals surface area contributed by atoms with Crippen LogP contribution in [0.3, 0.4) is 0 Å². The lowest BCUT2D eigenvalue weighted by Gasteiger charge is -2.32. The molecule has 2 aromatic carbocycles. The van der Waals surface area contributed by atoms with E-state index < -0.39 is 23.6 Å². The molecule has 0 saturated carbocycles. The SMILES string of the molecule is C=CCN(C(=O)CNC(=O)OC(C)(C)C)C(C(=O)Nc1ccccc1C)c1c(C)cccc1C. The Balaban J connectivity index is 2.42. The van der Waals surface area contributed by atoms with Crippen molar-refractivity contribution in [1.82, 2.24) is 10.2 Å². The van der Waals surface area contributed by atoms with E-state index in [-0.39, 0.29) is 19.0 Å². The number of nitrogens with one attached hydrogen (secondary N) is 2. The smallest absolute Gasteiger partial charge is 0.408 e. The van der Waals surface area contributed by atoms with Crippen molar-refractivity contribution in [2.45, 2.75) is 53.2 Å². The second-order valence-corrected chi connectivity index (χ2v) is 9.20. The minimum absolute atomic E-state index is 0.120. The van der Waals surface area contributed by atoms with E-state index in [2.05, 4.69) is 17.2 Å². The predicted octanol–water partition coefficient (Wildman–Crippen LogP) is 4.83. The molecule has 0 heterocycles. The first-order valence-electron chi connectivity index (χ1n) is 11.2. The summed E-state index contributed by atoms with van der Waals surface area (Å²) in [6.45, 7) is 14.5. The summed E-state index contributed by atoms with van der Waals surface area (Å²) in [5.41, 5.74) is 3.38. The summed E-state index contributed by atoms with van der Waals surface area (Å²) in [4.78, 5) is 40.5. The standard InChI is InChI=1S/C27H35N3O4/c1-8-16-30(22(31)17-28-26(33)34-27(5,6)7)24(23-19(3)13-11-14-20(23)4)25(32)29-21-15-10-9-12-18(21)2/h8-15,24H,1,16-17H2,2-7H3,(H,28,33)(H,29,32). The van der Waals surface area contributed by atoms with Crippen molar-refractivity contribution in [2.75, 3.05) is 18.4 Å². The van der Waals surface area contributed by atoms with E-state index in [9.17, 15) is 14.4 Å². The highest BCUT2D eigenvalue weighted by molar-refractivity contribution is 5.99. The predicted molar refractivity (Wildman–Crippen MR) is 135 cm³/mol. The zero-order chi connectivity index (χ0) is 25.5. The summed E-state index contributed by atoms with van der Waals surface area (Å²) in [6, 6.07) is 12.3. The van der Waals surface area contributed by atoms with Crippen LogP contribution >= 0.6 is 0 Å². The van der Waals surface area contributed by atoms with Gasteiger partial charge in [-0.15, -0.1) is 6.58 Å². The number of anilines is 1. The Morgan fingerprint density at radius 2 is 1.59 bits per heavy atom. The van der Waals surface area contributed by atoms with Gasteiger partial charge in [-0.3, -0.25) is 9.59 Å². The fourth-order valence-electron chi connectivity index (χ4n) is 3.66. The molecule has 1 atom stereocenters. The number of carbonyl (C=O) groups excluding carboxylic acids is 3. The Kier molecular flexibility index (Phi) is 9.01. The number of nitrogens with zero attached hydrogens (tertiary/aromatic N) is 1. The molecule has 2 aromatic rings. The Labute approximate surface area is 202 Å². The van der Waals surface area contributed by atoms with E-state index >= 15 is 0 Å². The van der Waals surface area contributed by atoms with Crippen LogP contribution in [0, 0.1) is 20.8 Å². The molecule has 0 spiro atoms. The fourth-order valence-corrected chi connectivity index (χ4v) is 3.66. The number of aryl methyl sites for hydroxylation is 3. The summed E-state index contributed by atoms with van der Waals surface area (Å²) in [6.07, 6.45) is 0.861. The zero-order valence-electron chi connectivity index (χ0n) is 20.9. The van der Waals surface area contributed by atoms with Gasteiger partial charge in [0.1, 0.15) is 18.2 Å². The van der Waals surface area contributed by atoms with Crippen LogP contribution in [0.15, 0.2) is 55.1 Å². The maximum Gasteiger partial charge on any atom is 0.408 e. The van der Waals surface area contributed by atoms with Gasteiger partial charge in [0.05, 0.1) is 0 Å². The van der Waals surface area contributed by atoms with Crippen molar-refractivity contribution in [3.8, 4) is 0 Å². The van der Waals surface area contributed by atoms with Gasteiger partial charge >= 0.3 is 6.09 Å². The minimum Gasteiger partial charge on any atom is -0.444 e. The molecule has 0 aliphatic heterocycles. The quantitative estimate of drug-likeness (QED) is 0.547. The first-order valence-corrected chi connectivity index (χ1v) is 11.2. The van der Waals surface area contributed by atoms with Gasteiger partial charge in [0.2, 0.25) is 5.91 Å². The van der Waals surface area contributed by atoms with Crippen LogP contribution in [0.2, 0.25) is 0 Å². The minimum atomic E-state index is -0.924. The molecule has 1 unspecified atom stereocenters. The van der Waals surface area contributed by atoms with Crippen molar-refractivity contribution < 1.29 is 19.1 Å². The lowest BCUT2D eigenvalue weighted by Crippen LogP contribution is -2.47. The first kappa shape index (κ1) is 26.6. The van der Waals surface area contributed by atoms with E-state index in [1.165, 1.54) is 4.90 Å². The molecular weight excluding hydrogens is 430 g/mol. The molecule has 0 radical (unpaired) electrons. The van der Waals surface area contributed by atoms with Crippen LogP contribution in [0.1, 0.15) is 49.1 Å². The third kappa shape index (κ3) is 7.20. The van der Waals surface area contributed by atoms with Crippen LogP contribution in [-0.4, -0.2) is 41.5 Å². The van der Waals surface area contributed by atoms with E-state index in [0.717, 1.165) is 22.3 Å². The van der Waals surface area contributed by atoms with Crippen molar-refractivity contribution >= 4 is 23.6 Å². The number of carbonyl (C=O) groups is 3. The highest BCUT2D eigenvalue weighted by Gasteiger charge is 2.33. The molecule has 0 aliphatic carbocycles. The Morgan fingerprint density at radius 3 is 2.15 bits per heavy atom. The van der Waals surface area contributed by atoms with Crippen LogP contribution in [-0.2, 0) is 14.3 Å². The second kappa shape index (κ2) is 11.5. The molecule has 2 rings (SSSR count). The van der Waals surface area contributed by atoms with Crippen molar-refractivity contribution in [3.05, 3.63) is 77.4 Å². The maximum absolute atomic E-state index is 13.7. The third-order valence-corrected chi connectivity index (χ3v) is 5.21. The molecule has 7 heteroatoms. The van der Waals surface area contributed by atoms with Crippen LogP contribution in [0.4, 0.5) is 10.5 Å². The zero-order valence-corrected chi connectivity index (χ0v) is 20.9. The molecule has 7 nitrogen and oxygen atoms in total. The molecule has 34 heavy (non-hydrogen) atoms. The number of amides is 3. The van der Waals surface area contributed by atoms with Crippen molar-refractivity contribution in [2.24, 2.45) is 0 Å². The Bertz CT molecular complexity index is 1040. The van der Waals surface area contributed by atoms with Gasteiger partial charge in [-0.05, 0) is 69.9 Å². The van der Waals surface area contributed by atoms with Crippen molar-refractivity contribution in [3.63, 3.8) is 0 Å². The second-order valence-electron chi connectivity index (χ2n) is 9.20. The molecule has 0 bridgehead atoms. The van der Waals surface area contributed by atoms with E-state index in [0.29, 0.717) is 5.69 Å². The average molecular weight is 466 g/mol. The first-order chi connectivity index (χ1) is 15.9. The lowest BCUT2D eigenvalue weighted by atomic mass is 9.94. The largest absolute Gasteiger partial charge is 0.444 e. The van der Waals surface area contributed by atoms with Gasteiger partial charge in [-0.2, -0.15) is 0 Å². The summed E-state index contributed by atoms with van der Waals surface area (Å²) in [5, 5.41) is 5.47. The van der Waals surface area contributed by atoms with Crippen LogP contribution < -0.4 is 10.6 Å². The fraction of sp³-hybridized carbons (Fsp3) is 0.370. The molecule has 0 aromatic heterocycles. The van der Waals surface area contributed by atoms with Gasteiger partial charge in [0, 0.05) is 12.2 Å². The van der Waals surface area contributed by atoms with Gasteiger partial charge in [-0.1, -0.05) is 42.5 Å². The highest BCUT2D eigenvalue weighted by Crippen LogP contribution is 2.29. The van der Waals surface area contributed by atoms with Gasteiger partial charge in [0.15, 0.2) is 0 Å². The molecule has 0 fully saturated rings. The number of rotatable bonds is 8. The number of alkyl carbamates (subject to hydrolysis) is 1. The number of benzene rings is 2. The lowest BCUT2D eigenvalue weighted by molar-refractivity contribution is -0.137. The summed E-state index contributed by atoms with van der Waals surface area (Å²) in [5.74, 6) is -0.780. The van der Waals surface area contributed by atoms with Gasteiger partial charge in [-0.25, -0.2) is 4.79 Å². The van der Waals surface area contributed by atoms with Gasteiger partial charge < -0.3 is 20.3 Å². The van der Waals surface area contributed by atoms with Crippen molar-refractivity contribution in [1.29, 1.82) is 0 Å². The molecular formula is C27H35N3O4. The summed E-state index contributed by atoms with van der Waals surface area (Å²) < 4.78 is 5.23.